The highest BCUT2D eigenvalue weighted by Crippen LogP contribution is 2.62. The Morgan fingerprint density at radius 1 is 1.20 bits per heavy atom. The van der Waals surface area contributed by atoms with Crippen molar-refractivity contribution in [3.63, 3.8) is 0 Å². The molecule has 2 rings (SSSR count). The van der Waals surface area contributed by atoms with Crippen molar-refractivity contribution in [3.8, 4) is 0 Å². The summed E-state index contributed by atoms with van der Waals surface area (Å²) in [7, 11) is 0. The van der Waals surface area contributed by atoms with Crippen molar-refractivity contribution in [1.29, 1.82) is 0 Å². The van der Waals surface area contributed by atoms with Crippen LogP contribution in [0.1, 0.15) is 58.8 Å². The van der Waals surface area contributed by atoms with Gasteiger partial charge in [0.05, 0.1) is 0 Å². The maximum Gasteiger partial charge on any atom is -0.00151 e. The molecule has 1 N–H and O–H groups in total. The molecule has 0 radical (unpaired) electrons. The molecule has 0 aromatic carbocycles. The highest BCUT2D eigenvalue weighted by atomic mass is 14.9. The minimum Gasteiger partial charge on any atom is -0.317 e. The Balaban J connectivity index is 1.70. The smallest absolute Gasteiger partial charge is 0.00151 e. The molecule has 0 heterocycles. The highest BCUT2D eigenvalue weighted by Gasteiger charge is 2.53. The molecule has 2 fully saturated rings. The number of hydrogen-bond acceptors (Lipinski definition) is 1. The second-order valence-corrected chi connectivity index (χ2v) is 5.80. The third kappa shape index (κ3) is 2.55. The Bertz CT molecular complexity index is 192. The van der Waals surface area contributed by atoms with Crippen LogP contribution in [0, 0.1) is 17.3 Å². The molecule has 0 amide bonds. The van der Waals surface area contributed by atoms with Gasteiger partial charge in [0.25, 0.3) is 0 Å². The summed E-state index contributed by atoms with van der Waals surface area (Å²) in [6.07, 6.45) is 10.5. The van der Waals surface area contributed by atoms with Gasteiger partial charge in [-0.2, -0.15) is 0 Å². The van der Waals surface area contributed by atoms with Crippen molar-refractivity contribution in [2.45, 2.75) is 58.8 Å². The molecule has 0 aromatic heterocycles. The van der Waals surface area contributed by atoms with Crippen molar-refractivity contribution >= 4 is 0 Å². The predicted octanol–water partition coefficient (Wildman–Crippen LogP) is 3.59. The molecule has 1 spiro atoms. The van der Waals surface area contributed by atoms with Crippen molar-refractivity contribution in [3.05, 3.63) is 0 Å². The molecule has 1 atom stereocenters. The molecule has 1 nitrogen and oxygen atoms in total. The fourth-order valence-electron chi connectivity index (χ4n) is 3.60. The van der Waals surface area contributed by atoms with Gasteiger partial charge in [0, 0.05) is 0 Å². The summed E-state index contributed by atoms with van der Waals surface area (Å²) in [5.74, 6) is 2.10. The van der Waals surface area contributed by atoms with E-state index in [1.54, 1.807) is 0 Å². The fraction of sp³-hybridized carbons (Fsp3) is 1.00. The Morgan fingerprint density at radius 2 is 1.93 bits per heavy atom. The lowest BCUT2D eigenvalue weighted by Crippen LogP contribution is -2.22. The third-order valence-corrected chi connectivity index (χ3v) is 4.80. The lowest BCUT2D eigenvalue weighted by Gasteiger charge is -2.29. The van der Waals surface area contributed by atoms with Crippen LogP contribution in [0.3, 0.4) is 0 Å². The quantitative estimate of drug-likeness (QED) is 0.729. The van der Waals surface area contributed by atoms with Crippen molar-refractivity contribution < 1.29 is 0 Å². The normalized spacial score (nSPS) is 39.6. The lowest BCUT2D eigenvalue weighted by molar-refractivity contribution is 0.228. The van der Waals surface area contributed by atoms with Crippen LogP contribution < -0.4 is 5.32 Å². The maximum absolute atomic E-state index is 3.52. The molecule has 1 unspecified atom stereocenters. The largest absolute Gasteiger partial charge is 0.317 e. The second kappa shape index (κ2) is 4.86. The molecule has 2 aliphatic rings. The molecule has 1 heteroatoms. The van der Waals surface area contributed by atoms with E-state index >= 15 is 0 Å². The van der Waals surface area contributed by atoms with E-state index in [1.807, 2.05) is 0 Å². The van der Waals surface area contributed by atoms with Crippen LogP contribution >= 0.6 is 0 Å². The zero-order chi connectivity index (χ0) is 10.7. The number of hydrogen-bond donors (Lipinski definition) is 1. The Hall–Kier alpha value is -0.0400. The summed E-state index contributed by atoms with van der Waals surface area (Å²) in [5, 5.41) is 3.52. The van der Waals surface area contributed by atoms with E-state index in [2.05, 4.69) is 19.2 Å². The summed E-state index contributed by atoms with van der Waals surface area (Å²) in [6.45, 7) is 6.97. The van der Waals surface area contributed by atoms with Gasteiger partial charge in [-0.05, 0) is 62.4 Å². The van der Waals surface area contributed by atoms with Gasteiger partial charge in [-0.1, -0.05) is 26.7 Å². The molecule has 2 saturated carbocycles. The first kappa shape index (κ1) is 11.4. The van der Waals surface area contributed by atoms with Crippen LogP contribution in [-0.4, -0.2) is 13.1 Å². The summed E-state index contributed by atoms with van der Waals surface area (Å²) in [4.78, 5) is 0. The molecule has 2 aliphatic carbocycles. The van der Waals surface area contributed by atoms with E-state index in [9.17, 15) is 0 Å². The standard InChI is InChI=1S/C14H27N/c1-3-5-12-6-8-14(9-7-12)10-13(14)11-15-4-2/h12-13,15H,3-11H2,1-2H3. The minimum absolute atomic E-state index is 0.812. The first-order valence-electron chi connectivity index (χ1n) is 7.01. The van der Waals surface area contributed by atoms with Crippen molar-refractivity contribution in [2.75, 3.05) is 13.1 Å². The van der Waals surface area contributed by atoms with Crippen LogP contribution in [0.25, 0.3) is 0 Å². The molecular formula is C14H27N. The SMILES string of the molecule is CCCC1CCC2(CC1)CC2CNCC. The number of nitrogens with one attached hydrogen (secondary N) is 1. The van der Waals surface area contributed by atoms with E-state index in [0.29, 0.717) is 0 Å². The summed E-state index contributed by atoms with van der Waals surface area (Å²) >= 11 is 0. The van der Waals surface area contributed by atoms with E-state index < -0.39 is 0 Å². The maximum atomic E-state index is 3.52. The van der Waals surface area contributed by atoms with Crippen LogP contribution in [0.4, 0.5) is 0 Å². The summed E-state index contributed by atoms with van der Waals surface area (Å²) in [5.41, 5.74) is 0.812. The molecule has 0 aliphatic heterocycles. The van der Waals surface area contributed by atoms with Crippen LogP contribution in [0.15, 0.2) is 0 Å². The van der Waals surface area contributed by atoms with Gasteiger partial charge in [-0.15, -0.1) is 0 Å². The van der Waals surface area contributed by atoms with Crippen molar-refractivity contribution in [2.24, 2.45) is 17.3 Å². The zero-order valence-corrected chi connectivity index (χ0v) is 10.5. The van der Waals surface area contributed by atoms with E-state index in [-0.39, 0.29) is 0 Å². The van der Waals surface area contributed by atoms with Crippen LogP contribution in [0.5, 0.6) is 0 Å². The average molecular weight is 209 g/mol. The van der Waals surface area contributed by atoms with Gasteiger partial charge in [0.15, 0.2) is 0 Å². The molecule has 0 bridgehead atoms. The topological polar surface area (TPSA) is 12.0 Å². The van der Waals surface area contributed by atoms with E-state index in [1.165, 1.54) is 51.5 Å². The highest BCUT2D eigenvalue weighted by molar-refractivity contribution is 5.04. The van der Waals surface area contributed by atoms with Crippen LogP contribution in [-0.2, 0) is 0 Å². The average Bonchev–Trinajstić information content (AvgIpc) is 2.93. The number of rotatable bonds is 5. The van der Waals surface area contributed by atoms with Crippen molar-refractivity contribution in [1.82, 2.24) is 5.32 Å². The Labute approximate surface area is 95.0 Å². The predicted molar refractivity (Wildman–Crippen MR) is 65.9 cm³/mol. The van der Waals surface area contributed by atoms with Gasteiger partial charge in [0.2, 0.25) is 0 Å². The van der Waals surface area contributed by atoms with Crippen LogP contribution in [0.2, 0.25) is 0 Å². The van der Waals surface area contributed by atoms with Gasteiger partial charge >= 0.3 is 0 Å². The van der Waals surface area contributed by atoms with Gasteiger partial charge in [-0.25, -0.2) is 0 Å². The summed E-state index contributed by atoms with van der Waals surface area (Å²) < 4.78 is 0. The third-order valence-electron chi connectivity index (χ3n) is 4.80. The Morgan fingerprint density at radius 3 is 2.53 bits per heavy atom. The van der Waals surface area contributed by atoms with Gasteiger partial charge < -0.3 is 5.32 Å². The van der Waals surface area contributed by atoms with Gasteiger partial charge in [-0.3, -0.25) is 0 Å². The first-order chi connectivity index (χ1) is 7.30. The van der Waals surface area contributed by atoms with E-state index in [4.69, 9.17) is 0 Å². The van der Waals surface area contributed by atoms with E-state index in [0.717, 1.165) is 23.8 Å². The Kier molecular flexibility index (Phi) is 3.71. The molecule has 15 heavy (non-hydrogen) atoms. The molecule has 0 aromatic rings. The molecule has 0 saturated heterocycles. The molecular weight excluding hydrogens is 182 g/mol. The molecule has 88 valence electrons. The first-order valence-corrected chi connectivity index (χ1v) is 7.01. The second-order valence-electron chi connectivity index (χ2n) is 5.80. The zero-order valence-electron chi connectivity index (χ0n) is 10.5. The summed E-state index contributed by atoms with van der Waals surface area (Å²) in [6, 6.07) is 0. The fourth-order valence-corrected chi connectivity index (χ4v) is 3.60. The minimum atomic E-state index is 0.812. The monoisotopic (exact) mass is 209 g/mol. The lowest BCUT2D eigenvalue weighted by atomic mass is 9.77. The van der Waals surface area contributed by atoms with Gasteiger partial charge in [0.1, 0.15) is 0 Å².